The van der Waals surface area contributed by atoms with E-state index in [1.54, 1.807) is 17.1 Å². The van der Waals surface area contributed by atoms with Crippen LogP contribution in [-0.4, -0.2) is 58.0 Å². The predicted molar refractivity (Wildman–Crippen MR) is 163 cm³/mol. The highest BCUT2D eigenvalue weighted by Crippen LogP contribution is 2.41. The van der Waals surface area contributed by atoms with Crippen molar-refractivity contribution in [3.63, 3.8) is 0 Å². The standard InChI is InChI=1S/C33H26N8O3/c34-30-24(3-1-11-35-30)31-37-26-7-9-29(40-13-2-12-36-40)38-32(26)41(31)22-5-6-23-19(15-22)4-8-27(23)39-14-10-20-17-28(43)21(18-42)16-25(20)33(39)44/h1-3,5-7,9,11-13,15-18,27,43H,4,8,10,14H2,(H2,34,35)/t27-/m0/s1. The number of nitrogens with two attached hydrogens (primary N) is 1. The molecule has 1 aliphatic carbocycles. The number of carbonyl (C=O) groups excluding carboxylic acids is 2. The van der Waals surface area contributed by atoms with Gasteiger partial charge in [0.05, 0.1) is 17.2 Å². The second-order valence-electron chi connectivity index (χ2n) is 11.0. The van der Waals surface area contributed by atoms with Crippen LogP contribution in [0.25, 0.3) is 34.1 Å². The Morgan fingerprint density at radius 3 is 2.68 bits per heavy atom. The molecule has 2 aliphatic rings. The van der Waals surface area contributed by atoms with E-state index in [1.165, 1.54) is 12.1 Å². The van der Waals surface area contributed by atoms with Gasteiger partial charge in [0.2, 0.25) is 0 Å². The summed E-state index contributed by atoms with van der Waals surface area (Å²) in [7, 11) is 0. The second kappa shape index (κ2) is 9.87. The molecule has 2 aromatic carbocycles. The average molecular weight is 583 g/mol. The number of aldehydes is 1. The first-order chi connectivity index (χ1) is 21.5. The Balaban J connectivity index is 1.22. The van der Waals surface area contributed by atoms with Gasteiger partial charge >= 0.3 is 0 Å². The van der Waals surface area contributed by atoms with Crippen LogP contribution in [0, 0.1) is 0 Å². The Hall–Kier alpha value is -5.84. The van der Waals surface area contributed by atoms with Crippen LogP contribution in [0.5, 0.6) is 5.75 Å². The average Bonchev–Trinajstić information content (AvgIpc) is 3.80. The number of fused-ring (bicyclic) bond motifs is 3. The molecule has 0 unspecified atom stereocenters. The summed E-state index contributed by atoms with van der Waals surface area (Å²) in [5.41, 5.74) is 12.8. The number of hydrogen-bond donors (Lipinski definition) is 2. The Morgan fingerprint density at radius 2 is 1.86 bits per heavy atom. The molecule has 0 spiro atoms. The molecule has 3 N–H and O–H groups in total. The highest BCUT2D eigenvalue weighted by Gasteiger charge is 2.35. The van der Waals surface area contributed by atoms with Crippen LogP contribution >= 0.6 is 0 Å². The zero-order valence-corrected chi connectivity index (χ0v) is 23.5. The Labute approximate surface area is 251 Å². The number of anilines is 1. The Bertz CT molecular complexity index is 2120. The van der Waals surface area contributed by atoms with Gasteiger partial charge in [-0.15, -0.1) is 0 Å². The van der Waals surface area contributed by atoms with Crippen LogP contribution in [0.1, 0.15) is 49.9 Å². The summed E-state index contributed by atoms with van der Waals surface area (Å²) >= 11 is 0. The van der Waals surface area contributed by atoms with Crippen LogP contribution in [0.4, 0.5) is 5.82 Å². The summed E-state index contributed by atoms with van der Waals surface area (Å²) in [4.78, 5) is 41.1. The number of rotatable bonds is 5. The highest BCUT2D eigenvalue weighted by atomic mass is 16.3. The molecular weight excluding hydrogens is 556 g/mol. The third-order valence-electron chi connectivity index (χ3n) is 8.61. The molecule has 11 heteroatoms. The minimum absolute atomic E-state index is 0.0919. The van der Waals surface area contributed by atoms with Gasteiger partial charge in [0.25, 0.3) is 5.91 Å². The number of phenols is 1. The van der Waals surface area contributed by atoms with Crippen molar-refractivity contribution in [1.82, 2.24) is 34.2 Å². The van der Waals surface area contributed by atoms with Crippen molar-refractivity contribution in [3.8, 4) is 28.6 Å². The number of aromatic hydroxyl groups is 1. The summed E-state index contributed by atoms with van der Waals surface area (Å²) in [6.07, 6.45) is 7.97. The summed E-state index contributed by atoms with van der Waals surface area (Å²) in [5, 5.41) is 14.5. The highest BCUT2D eigenvalue weighted by molar-refractivity contribution is 5.99. The zero-order valence-electron chi connectivity index (χ0n) is 23.5. The predicted octanol–water partition coefficient (Wildman–Crippen LogP) is 4.45. The molecule has 0 bridgehead atoms. The zero-order chi connectivity index (χ0) is 29.9. The van der Waals surface area contributed by atoms with Gasteiger partial charge in [0.1, 0.15) is 17.1 Å². The largest absolute Gasteiger partial charge is 0.507 e. The number of aromatic nitrogens is 6. The minimum Gasteiger partial charge on any atom is -0.507 e. The van der Waals surface area contributed by atoms with Crippen LogP contribution < -0.4 is 5.73 Å². The fourth-order valence-corrected chi connectivity index (χ4v) is 6.50. The summed E-state index contributed by atoms with van der Waals surface area (Å²) in [6.45, 7) is 0.536. The molecule has 0 saturated carbocycles. The topological polar surface area (TPSA) is 145 Å². The van der Waals surface area contributed by atoms with Crippen LogP contribution in [-0.2, 0) is 12.8 Å². The van der Waals surface area contributed by atoms with Crippen LogP contribution in [0.15, 0.2) is 79.3 Å². The molecule has 0 radical (unpaired) electrons. The molecule has 44 heavy (non-hydrogen) atoms. The van der Waals surface area contributed by atoms with Gasteiger partial charge in [-0.25, -0.2) is 19.6 Å². The van der Waals surface area contributed by atoms with Gasteiger partial charge < -0.3 is 15.7 Å². The van der Waals surface area contributed by atoms with Crippen molar-refractivity contribution in [1.29, 1.82) is 0 Å². The molecular formula is C33H26N8O3. The molecule has 1 amide bonds. The number of benzene rings is 2. The lowest BCUT2D eigenvalue weighted by atomic mass is 9.94. The lowest BCUT2D eigenvalue weighted by molar-refractivity contribution is 0.0657. The van der Waals surface area contributed by atoms with Crippen LogP contribution in [0.2, 0.25) is 0 Å². The van der Waals surface area contributed by atoms with E-state index in [4.69, 9.17) is 15.7 Å². The molecule has 1 atom stereocenters. The lowest BCUT2D eigenvalue weighted by Gasteiger charge is -2.34. The molecule has 4 aromatic heterocycles. The lowest BCUT2D eigenvalue weighted by Crippen LogP contribution is -2.39. The summed E-state index contributed by atoms with van der Waals surface area (Å²) in [5.74, 6) is 1.44. The van der Waals surface area contributed by atoms with E-state index < -0.39 is 0 Å². The quantitative estimate of drug-likeness (QED) is 0.284. The van der Waals surface area contributed by atoms with E-state index >= 15 is 0 Å². The van der Waals surface area contributed by atoms with Gasteiger partial charge in [-0.1, -0.05) is 6.07 Å². The van der Waals surface area contributed by atoms with Crippen molar-refractivity contribution in [2.24, 2.45) is 0 Å². The molecule has 216 valence electrons. The minimum atomic E-state index is -0.124. The van der Waals surface area contributed by atoms with Crippen molar-refractivity contribution < 1.29 is 14.7 Å². The van der Waals surface area contributed by atoms with Gasteiger partial charge in [-0.3, -0.25) is 14.2 Å². The van der Waals surface area contributed by atoms with Crippen molar-refractivity contribution in [2.45, 2.75) is 25.3 Å². The van der Waals surface area contributed by atoms with E-state index in [0.29, 0.717) is 59.0 Å². The van der Waals surface area contributed by atoms with Gasteiger partial charge in [0, 0.05) is 36.4 Å². The maximum Gasteiger partial charge on any atom is 0.254 e. The second-order valence-corrected chi connectivity index (χ2v) is 11.0. The molecule has 6 aromatic rings. The number of carbonyl (C=O) groups is 2. The summed E-state index contributed by atoms with van der Waals surface area (Å²) in [6, 6.07) is 18.6. The monoisotopic (exact) mass is 582 g/mol. The fourth-order valence-electron chi connectivity index (χ4n) is 6.50. The first-order valence-electron chi connectivity index (χ1n) is 14.4. The van der Waals surface area contributed by atoms with Gasteiger partial charge in [0.15, 0.2) is 23.6 Å². The number of phenolic OH excluding ortho intramolecular Hbond substituents is 1. The molecule has 11 nitrogen and oxygen atoms in total. The molecule has 1 aliphatic heterocycles. The first-order valence-corrected chi connectivity index (χ1v) is 14.4. The molecule has 8 rings (SSSR count). The Kier molecular flexibility index (Phi) is 5.80. The Morgan fingerprint density at radius 1 is 0.955 bits per heavy atom. The SMILES string of the molecule is Nc1ncccc1-c1nc2ccc(-n3cccn3)nc2n1-c1ccc2c(c1)CC[C@@H]2N1CCc2cc(O)c(C=O)cc2C1=O. The number of nitrogen functional groups attached to an aromatic ring is 1. The molecule has 0 fully saturated rings. The summed E-state index contributed by atoms with van der Waals surface area (Å²) < 4.78 is 3.70. The van der Waals surface area contributed by atoms with Crippen molar-refractivity contribution in [2.75, 3.05) is 12.3 Å². The molecule has 5 heterocycles. The van der Waals surface area contributed by atoms with Crippen molar-refractivity contribution in [3.05, 3.63) is 107 Å². The maximum absolute atomic E-state index is 13.6. The van der Waals surface area contributed by atoms with Crippen molar-refractivity contribution >= 4 is 29.2 Å². The number of nitrogens with zero attached hydrogens (tertiary/aromatic N) is 7. The van der Waals surface area contributed by atoms with Gasteiger partial charge in [-0.2, -0.15) is 5.10 Å². The first kappa shape index (κ1) is 25.8. The maximum atomic E-state index is 13.6. The number of amides is 1. The third kappa shape index (κ3) is 3.97. The number of imidazole rings is 1. The molecule has 0 saturated heterocycles. The van der Waals surface area contributed by atoms with E-state index in [-0.39, 0.29) is 23.3 Å². The third-order valence-corrected chi connectivity index (χ3v) is 8.61. The fraction of sp³-hybridized carbons (Fsp3) is 0.152. The number of hydrogen-bond acceptors (Lipinski definition) is 8. The van der Waals surface area contributed by atoms with E-state index in [1.807, 2.05) is 52.1 Å². The normalized spacial score (nSPS) is 15.9. The van der Waals surface area contributed by atoms with Gasteiger partial charge in [-0.05, 0) is 90.6 Å². The number of aryl methyl sites for hydroxylation is 1. The van der Waals surface area contributed by atoms with E-state index in [0.717, 1.165) is 35.2 Å². The van der Waals surface area contributed by atoms with E-state index in [2.05, 4.69) is 22.2 Å². The smallest absolute Gasteiger partial charge is 0.254 e. The van der Waals surface area contributed by atoms with E-state index in [9.17, 15) is 14.7 Å². The van der Waals surface area contributed by atoms with Crippen LogP contribution in [0.3, 0.4) is 0 Å². The number of pyridine rings is 2.